The quantitative estimate of drug-likeness (QED) is 0.497. The zero-order valence-corrected chi connectivity index (χ0v) is 12.0. The Kier molecular flexibility index (Phi) is 5.72. The van der Waals surface area contributed by atoms with Gasteiger partial charge in [-0.1, -0.05) is 6.07 Å². The molecule has 0 aliphatic heterocycles. The highest BCUT2D eigenvalue weighted by atomic mass is 16.6. The third kappa shape index (κ3) is 4.36. The van der Waals surface area contributed by atoms with Crippen LogP contribution in [-0.4, -0.2) is 42.9 Å². The highest BCUT2D eigenvalue weighted by molar-refractivity contribution is 5.76. The fourth-order valence-electron chi connectivity index (χ4n) is 1.78. The second-order valence-corrected chi connectivity index (χ2v) is 4.80. The zero-order valence-electron chi connectivity index (χ0n) is 12.0. The molecule has 1 aromatic rings. The van der Waals surface area contributed by atoms with Crippen molar-refractivity contribution in [1.82, 2.24) is 0 Å². The summed E-state index contributed by atoms with van der Waals surface area (Å²) in [6, 6.07) is 4.96. The lowest BCUT2D eigenvalue weighted by atomic mass is 10.0. The Morgan fingerprint density at radius 3 is 2.65 bits per heavy atom. The van der Waals surface area contributed by atoms with Gasteiger partial charge in [-0.25, -0.2) is 0 Å². The van der Waals surface area contributed by atoms with E-state index in [4.69, 9.17) is 4.74 Å². The summed E-state index contributed by atoms with van der Waals surface area (Å²) in [6.07, 6.45) is 0.440. The predicted molar refractivity (Wildman–Crippen MR) is 78.2 cm³/mol. The van der Waals surface area contributed by atoms with Gasteiger partial charge in [0, 0.05) is 33.7 Å². The summed E-state index contributed by atoms with van der Waals surface area (Å²) in [5, 5.41) is 27.0. The molecule has 3 N–H and O–H groups in total. The minimum Gasteiger partial charge on any atom is -0.388 e. The number of nitro groups is 1. The average molecular weight is 283 g/mol. The molecular formula is C13H21N3O4. The highest BCUT2D eigenvalue weighted by Gasteiger charge is 2.23. The Bertz CT molecular complexity index is 463. The van der Waals surface area contributed by atoms with Crippen LogP contribution in [0.1, 0.15) is 13.3 Å². The number of nitrogens with one attached hydrogen (secondary N) is 2. The number of hydrogen-bond donors (Lipinski definition) is 3. The molecule has 7 heteroatoms. The molecule has 7 nitrogen and oxygen atoms in total. The molecule has 112 valence electrons. The Hall–Kier alpha value is -1.86. The fraction of sp³-hybridized carbons (Fsp3) is 0.538. The van der Waals surface area contributed by atoms with Crippen molar-refractivity contribution in [1.29, 1.82) is 0 Å². The normalized spacial score (nSPS) is 13.6. The van der Waals surface area contributed by atoms with Crippen molar-refractivity contribution in [3.63, 3.8) is 0 Å². The van der Waals surface area contributed by atoms with Gasteiger partial charge >= 0.3 is 5.69 Å². The van der Waals surface area contributed by atoms with Gasteiger partial charge in [-0.05, 0) is 19.1 Å². The first-order chi connectivity index (χ1) is 9.41. The topological polar surface area (TPSA) is 96.7 Å². The van der Waals surface area contributed by atoms with Crippen molar-refractivity contribution in [3.05, 3.63) is 28.3 Å². The number of benzene rings is 1. The average Bonchev–Trinajstić information content (AvgIpc) is 2.42. The molecule has 0 saturated heterocycles. The maximum Gasteiger partial charge on any atom is 0.315 e. The van der Waals surface area contributed by atoms with Gasteiger partial charge in [0.15, 0.2) is 0 Å². The second kappa shape index (κ2) is 7.06. The standard InChI is InChI=1S/C13H21N3O4/c1-13(17,7-8-20-3)9-15-11-6-4-5-10(14-2)12(11)16(18)19/h4-6,14-15,17H,7-9H2,1-3H3. The fourth-order valence-corrected chi connectivity index (χ4v) is 1.78. The van der Waals surface area contributed by atoms with E-state index in [0.29, 0.717) is 24.4 Å². The van der Waals surface area contributed by atoms with Crippen molar-refractivity contribution >= 4 is 17.1 Å². The molecule has 1 atom stereocenters. The molecule has 0 heterocycles. The molecule has 0 bridgehead atoms. The van der Waals surface area contributed by atoms with Crippen LogP contribution >= 0.6 is 0 Å². The molecule has 1 unspecified atom stereocenters. The number of methoxy groups -OCH3 is 1. The van der Waals surface area contributed by atoms with Crippen molar-refractivity contribution in [2.75, 3.05) is 37.9 Å². The second-order valence-electron chi connectivity index (χ2n) is 4.80. The molecule has 20 heavy (non-hydrogen) atoms. The zero-order chi connectivity index (χ0) is 15.2. The Balaban J connectivity index is 2.85. The summed E-state index contributed by atoms with van der Waals surface area (Å²) in [5.74, 6) is 0. The van der Waals surface area contributed by atoms with Gasteiger partial charge in [-0.3, -0.25) is 10.1 Å². The largest absolute Gasteiger partial charge is 0.388 e. The molecule has 0 aliphatic rings. The van der Waals surface area contributed by atoms with Gasteiger partial charge < -0.3 is 20.5 Å². The number of anilines is 2. The Labute approximate surface area is 118 Å². The predicted octanol–water partition coefficient (Wildman–Crippen LogP) is 1.84. The lowest BCUT2D eigenvalue weighted by Gasteiger charge is -2.24. The van der Waals surface area contributed by atoms with Crippen molar-refractivity contribution in [3.8, 4) is 0 Å². The lowest BCUT2D eigenvalue weighted by molar-refractivity contribution is -0.383. The van der Waals surface area contributed by atoms with Crippen LogP contribution in [-0.2, 0) is 4.74 Å². The summed E-state index contributed by atoms with van der Waals surface area (Å²) in [7, 11) is 3.19. The third-order valence-corrected chi connectivity index (χ3v) is 2.99. The monoisotopic (exact) mass is 283 g/mol. The van der Waals surface area contributed by atoms with E-state index < -0.39 is 10.5 Å². The summed E-state index contributed by atoms with van der Waals surface area (Å²) in [6.45, 7) is 2.28. The first-order valence-electron chi connectivity index (χ1n) is 6.31. The molecule has 0 aliphatic carbocycles. The van der Waals surface area contributed by atoms with Gasteiger partial charge in [0.05, 0.1) is 10.5 Å². The number of para-hydroxylation sites is 1. The molecule has 0 aromatic heterocycles. The summed E-state index contributed by atoms with van der Waals surface area (Å²) < 4.78 is 4.92. The van der Waals surface area contributed by atoms with Crippen LogP contribution in [0.25, 0.3) is 0 Å². The van der Waals surface area contributed by atoms with Gasteiger partial charge in [-0.15, -0.1) is 0 Å². The SMILES string of the molecule is CNc1cccc(NCC(C)(O)CCOC)c1[N+](=O)[O-]. The van der Waals surface area contributed by atoms with E-state index in [0.717, 1.165) is 0 Å². The van der Waals surface area contributed by atoms with Crippen LogP contribution in [0.5, 0.6) is 0 Å². The van der Waals surface area contributed by atoms with E-state index in [1.165, 1.54) is 0 Å². The van der Waals surface area contributed by atoms with Crippen LogP contribution < -0.4 is 10.6 Å². The maximum atomic E-state index is 11.1. The van der Waals surface area contributed by atoms with Crippen LogP contribution in [0.3, 0.4) is 0 Å². The molecular weight excluding hydrogens is 262 g/mol. The molecule has 0 fully saturated rings. The molecule has 0 radical (unpaired) electrons. The van der Waals surface area contributed by atoms with Gasteiger partial charge in [0.25, 0.3) is 0 Å². The Morgan fingerprint density at radius 2 is 2.10 bits per heavy atom. The van der Waals surface area contributed by atoms with Crippen molar-refractivity contribution in [2.24, 2.45) is 0 Å². The third-order valence-electron chi connectivity index (χ3n) is 2.99. The number of nitro benzene ring substituents is 1. The van der Waals surface area contributed by atoms with E-state index in [1.54, 1.807) is 39.3 Å². The number of nitrogens with zero attached hydrogens (tertiary/aromatic N) is 1. The first-order valence-corrected chi connectivity index (χ1v) is 6.31. The first kappa shape index (κ1) is 16.2. The minimum atomic E-state index is -1.00. The smallest absolute Gasteiger partial charge is 0.315 e. The lowest BCUT2D eigenvalue weighted by Crippen LogP contribution is -2.34. The van der Waals surface area contributed by atoms with Crippen LogP contribution in [0.2, 0.25) is 0 Å². The van der Waals surface area contributed by atoms with Crippen LogP contribution in [0.4, 0.5) is 17.1 Å². The maximum absolute atomic E-state index is 11.1. The van der Waals surface area contributed by atoms with Crippen molar-refractivity contribution < 1.29 is 14.8 Å². The molecule has 1 aromatic carbocycles. The van der Waals surface area contributed by atoms with Gasteiger partial charge in [-0.2, -0.15) is 0 Å². The highest BCUT2D eigenvalue weighted by Crippen LogP contribution is 2.32. The van der Waals surface area contributed by atoms with E-state index in [9.17, 15) is 15.2 Å². The van der Waals surface area contributed by atoms with Crippen LogP contribution in [0.15, 0.2) is 18.2 Å². The molecule has 0 saturated carbocycles. The van der Waals surface area contributed by atoms with E-state index in [1.807, 2.05) is 0 Å². The van der Waals surface area contributed by atoms with Crippen molar-refractivity contribution in [2.45, 2.75) is 18.9 Å². The molecule has 0 amide bonds. The number of ether oxygens (including phenoxy) is 1. The van der Waals surface area contributed by atoms with Gasteiger partial charge in [0.2, 0.25) is 0 Å². The van der Waals surface area contributed by atoms with E-state index in [2.05, 4.69) is 10.6 Å². The van der Waals surface area contributed by atoms with E-state index >= 15 is 0 Å². The molecule has 1 rings (SSSR count). The minimum absolute atomic E-state index is 0.0301. The van der Waals surface area contributed by atoms with Crippen LogP contribution in [0, 0.1) is 10.1 Å². The summed E-state index contributed by atoms with van der Waals surface area (Å²) in [5.41, 5.74) is -0.229. The van der Waals surface area contributed by atoms with E-state index in [-0.39, 0.29) is 12.2 Å². The number of rotatable bonds is 8. The van der Waals surface area contributed by atoms with Gasteiger partial charge in [0.1, 0.15) is 11.4 Å². The number of hydrogen-bond acceptors (Lipinski definition) is 6. The Morgan fingerprint density at radius 1 is 1.45 bits per heavy atom. The number of aliphatic hydroxyl groups is 1. The molecule has 0 spiro atoms. The summed E-state index contributed by atoms with van der Waals surface area (Å²) >= 11 is 0. The summed E-state index contributed by atoms with van der Waals surface area (Å²) in [4.78, 5) is 10.7.